The number of amides is 1. The van der Waals surface area contributed by atoms with E-state index in [4.69, 9.17) is 10.2 Å². The summed E-state index contributed by atoms with van der Waals surface area (Å²) in [5.41, 5.74) is 10.8. The molecule has 1 amide bonds. The van der Waals surface area contributed by atoms with Gasteiger partial charge >= 0.3 is 0 Å². The summed E-state index contributed by atoms with van der Waals surface area (Å²) in [6.45, 7) is 7.41. The van der Waals surface area contributed by atoms with Crippen LogP contribution in [0.25, 0.3) is 28.0 Å². The van der Waals surface area contributed by atoms with Gasteiger partial charge in [-0.1, -0.05) is 0 Å². The maximum Gasteiger partial charge on any atom is 0.281 e. The third kappa shape index (κ3) is 3.12. The van der Waals surface area contributed by atoms with Crippen molar-refractivity contribution < 1.29 is 9.21 Å². The summed E-state index contributed by atoms with van der Waals surface area (Å²) in [5, 5.41) is 25.9. The van der Waals surface area contributed by atoms with Crippen LogP contribution in [0.5, 0.6) is 0 Å². The Bertz CT molecular complexity index is 1660. The number of hydrogen-bond acceptors (Lipinski definition) is 9. The van der Waals surface area contributed by atoms with Gasteiger partial charge in [0.1, 0.15) is 17.4 Å². The van der Waals surface area contributed by atoms with E-state index in [0.29, 0.717) is 33.7 Å². The molecule has 0 spiro atoms. The standard InChI is InChI=1S/C23H19N9O2/c1-10-8-11(2)26-21-16(10)22-30-29-18(19(25)32(22)31-21)23(33)28-20-14(9-24)17(12(3)13(4)27-20)15-6-5-7-34-15/h5-8H,25H2,1-4H3,(H,27,28,33). The number of rotatable bonds is 3. The molecule has 0 unspecified atom stereocenters. The van der Waals surface area contributed by atoms with Gasteiger partial charge in [0.05, 0.1) is 11.6 Å². The quantitative estimate of drug-likeness (QED) is 0.417. The lowest BCUT2D eigenvalue weighted by Gasteiger charge is -2.14. The Hall–Kier alpha value is -4.85. The zero-order valence-electron chi connectivity index (χ0n) is 18.8. The molecule has 5 aromatic rings. The molecule has 5 rings (SSSR count). The first-order chi connectivity index (χ1) is 16.3. The van der Waals surface area contributed by atoms with Crippen LogP contribution in [-0.4, -0.2) is 35.7 Å². The molecule has 0 aromatic carbocycles. The molecule has 0 radical (unpaired) electrons. The number of carbonyl (C=O) groups is 1. The number of furan rings is 1. The number of aryl methyl sites for hydroxylation is 3. The molecule has 3 N–H and O–H groups in total. The third-order valence-electron chi connectivity index (χ3n) is 5.67. The van der Waals surface area contributed by atoms with Gasteiger partial charge in [0.15, 0.2) is 28.6 Å². The summed E-state index contributed by atoms with van der Waals surface area (Å²) in [7, 11) is 0. The van der Waals surface area contributed by atoms with Gasteiger partial charge in [-0.05, 0) is 57.0 Å². The largest absolute Gasteiger partial charge is 0.464 e. The van der Waals surface area contributed by atoms with E-state index in [1.165, 1.54) is 10.8 Å². The van der Waals surface area contributed by atoms with Gasteiger partial charge in [0, 0.05) is 17.0 Å². The second-order valence-corrected chi connectivity index (χ2v) is 7.91. The first-order valence-corrected chi connectivity index (χ1v) is 10.4. The lowest BCUT2D eigenvalue weighted by molar-refractivity contribution is 0.102. The Morgan fingerprint density at radius 2 is 2.00 bits per heavy atom. The van der Waals surface area contributed by atoms with Gasteiger partial charge in [0.25, 0.3) is 5.91 Å². The predicted molar refractivity (Wildman–Crippen MR) is 124 cm³/mol. The fourth-order valence-corrected chi connectivity index (χ4v) is 3.97. The van der Waals surface area contributed by atoms with E-state index in [1.54, 1.807) is 19.1 Å². The molecule has 34 heavy (non-hydrogen) atoms. The maximum absolute atomic E-state index is 13.2. The lowest BCUT2D eigenvalue weighted by Crippen LogP contribution is -2.21. The Labute approximate surface area is 193 Å². The first-order valence-electron chi connectivity index (χ1n) is 10.4. The molecule has 168 valence electrons. The molecule has 0 bridgehead atoms. The number of fused-ring (bicyclic) bond motifs is 3. The molecule has 11 nitrogen and oxygen atoms in total. The Morgan fingerprint density at radius 3 is 2.71 bits per heavy atom. The summed E-state index contributed by atoms with van der Waals surface area (Å²) in [6, 6.07) is 7.50. The van der Waals surface area contributed by atoms with Gasteiger partial charge in [-0.25, -0.2) is 9.97 Å². The minimum atomic E-state index is -0.676. The van der Waals surface area contributed by atoms with Crippen molar-refractivity contribution in [3.8, 4) is 17.4 Å². The Morgan fingerprint density at radius 1 is 1.21 bits per heavy atom. The number of nitrogens with zero attached hydrogens (tertiary/aromatic N) is 7. The summed E-state index contributed by atoms with van der Waals surface area (Å²) in [4.78, 5) is 22.0. The molecular weight excluding hydrogens is 434 g/mol. The number of pyridine rings is 2. The summed E-state index contributed by atoms with van der Waals surface area (Å²) in [6.07, 6.45) is 1.52. The van der Waals surface area contributed by atoms with Crippen LogP contribution in [0.1, 0.15) is 38.6 Å². The summed E-state index contributed by atoms with van der Waals surface area (Å²) in [5.74, 6) is -0.115. The molecule has 0 aliphatic rings. The van der Waals surface area contributed by atoms with Gasteiger partial charge in [0.2, 0.25) is 0 Å². The van der Waals surface area contributed by atoms with Crippen molar-refractivity contribution in [1.82, 2.24) is 29.8 Å². The summed E-state index contributed by atoms with van der Waals surface area (Å²) >= 11 is 0. The SMILES string of the molecule is Cc1cc(C)c2c(n1)nn1c(N)c(C(=O)Nc3nc(C)c(C)c(-c4ccco4)c3C#N)nnc21. The topological polar surface area (TPSA) is 161 Å². The second kappa shape index (κ2) is 7.63. The zero-order chi connectivity index (χ0) is 24.1. The van der Waals surface area contributed by atoms with E-state index in [9.17, 15) is 10.1 Å². The molecule has 5 aromatic heterocycles. The Balaban J connectivity index is 1.61. The van der Waals surface area contributed by atoms with Crippen molar-refractivity contribution in [1.29, 1.82) is 5.26 Å². The monoisotopic (exact) mass is 453 g/mol. The molecule has 0 fully saturated rings. The van der Waals surface area contributed by atoms with Gasteiger partial charge < -0.3 is 15.5 Å². The number of hydrogen-bond donors (Lipinski definition) is 2. The maximum atomic E-state index is 13.2. The highest BCUT2D eigenvalue weighted by atomic mass is 16.3. The summed E-state index contributed by atoms with van der Waals surface area (Å²) < 4.78 is 6.85. The first kappa shape index (κ1) is 21.0. The molecule has 0 atom stereocenters. The number of nitrogens with two attached hydrogens (primary N) is 1. The number of carbonyl (C=O) groups excluding carboxylic acids is 1. The van der Waals surface area contributed by atoms with Crippen LogP contribution in [-0.2, 0) is 0 Å². The molecule has 0 saturated heterocycles. The second-order valence-electron chi connectivity index (χ2n) is 7.91. The minimum Gasteiger partial charge on any atom is -0.464 e. The van der Waals surface area contributed by atoms with Crippen LogP contribution in [0, 0.1) is 39.0 Å². The molecule has 0 aliphatic heterocycles. The van der Waals surface area contributed by atoms with Crippen molar-refractivity contribution in [2.75, 3.05) is 11.1 Å². The zero-order valence-corrected chi connectivity index (χ0v) is 18.8. The van der Waals surface area contributed by atoms with Crippen molar-refractivity contribution >= 4 is 34.2 Å². The van der Waals surface area contributed by atoms with Crippen LogP contribution in [0.4, 0.5) is 11.6 Å². The van der Waals surface area contributed by atoms with E-state index in [-0.39, 0.29) is 22.9 Å². The number of anilines is 2. The Kier molecular flexibility index (Phi) is 4.72. The van der Waals surface area contributed by atoms with Gasteiger partial charge in [-0.2, -0.15) is 9.78 Å². The van der Waals surface area contributed by atoms with Crippen LogP contribution in [0.3, 0.4) is 0 Å². The fourth-order valence-electron chi connectivity index (χ4n) is 3.97. The van der Waals surface area contributed by atoms with Crippen molar-refractivity contribution in [2.24, 2.45) is 0 Å². The van der Waals surface area contributed by atoms with Crippen LogP contribution in [0.15, 0.2) is 28.9 Å². The van der Waals surface area contributed by atoms with E-state index in [0.717, 1.165) is 16.8 Å². The van der Waals surface area contributed by atoms with Gasteiger partial charge in [-0.3, -0.25) is 4.79 Å². The highest BCUT2D eigenvalue weighted by Crippen LogP contribution is 2.33. The molecule has 0 aliphatic carbocycles. The van der Waals surface area contributed by atoms with Crippen molar-refractivity contribution in [3.05, 3.63) is 58.2 Å². The molecule has 0 saturated carbocycles. The number of aromatic nitrogens is 6. The third-order valence-corrected chi connectivity index (χ3v) is 5.67. The number of nitrogens with one attached hydrogen (secondary N) is 1. The van der Waals surface area contributed by atoms with Crippen LogP contribution in [0.2, 0.25) is 0 Å². The van der Waals surface area contributed by atoms with Crippen molar-refractivity contribution in [3.63, 3.8) is 0 Å². The van der Waals surface area contributed by atoms with Crippen LogP contribution < -0.4 is 11.1 Å². The average Bonchev–Trinajstić information content (AvgIpc) is 3.44. The molecule has 5 heterocycles. The predicted octanol–water partition coefficient (Wildman–Crippen LogP) is 3.27. The lowest BCUT2D eigenvalue weighted by atomic mass is 10.00. The van der Waals surface area contributed by atoms with E-state index < -0.39 is 5.91 Å². The highest BCUT2D eigenvalue weighted by molar-refractivity contribution is 6.07. The van der Waals surface area contributed by atoms with Crippen molar-refractivity contribution in [2.45, 2.75) is 27.7 Å². The number of nitriles is 1. The van der Waals surface area contributed by atoms with E-state index >= 15 is 0 Å². The highest BCUT2D eigenvalue weighted by Gasteiger charge is 2.24. The fraction of sp³-hybridized carbons (Fsp3) is 0.174. The molecular formula is C23H19N9O2. The average molecular weight is 453 g/mol. The van der Waals surface area contributed by atoms with E-state index in [2.05, 4.69) is 36.7 Å². The van der Waals surface area contributed by atoms with Crippen LogP contribution >= 0.6 is 0 Å². The van der Waals surface area contributed by atoms with E-state index in [1.807, 2.05) is 26.8 Å². The normalized spacial score (nSPS) is 11.1. The minimum absolute atomic E-state index is 0.00819. The number of nitrogen functional groups attached to an aromatic ring is 1. The molecule has 11 heteroatoms. The van der Waals surface area contributed by atoms with Gasteiger partial charge in [-0.15, -0.1) is 15.3 Å². The smallest absolute Gasteiger partial charge is 0.281 e.